The summed E-state index contributed by atoms with van der Waals surface area (Å²) < 4.78 is 24.9. The molecule has 21 heavy (non-hydrogen) atoms. The monoisotopic (exact) mass is 295 g/mol. The van der Waals surface area contributed by atoms with Crippen molar-refractivity contribution in [2.75, 3.05) is 13.2 Å². The second-order valence-electron chi connectivity index (χ2n) is 4.54. The molecule has 0 bridgehead atoms. The lowest BCUT2D eigenvalue weighted by Gasteiger charge is -2.13. The topological polar surface area (TPSA) is 121 Å². The Morgan fingerprint density at radius 3 is 2.86 bits per heavy atom. The Balaban J connectivity index is 2.17. The summed E-state index contributed by atoms with van der Waals surface area (Å²) in [5.74, 6) is -0.815. The van der Waals surface area contributed by atoms with E-state index in [0.29, 0.717) is 6.61 Å². The van der Waals surface area contributed by atoms with Crippen molar-refractivity contribution >= 4 is 17.6 Å². The normalized spacial score (nSPS) is 18.5. The first-order valence-corrected chi connectivity index (χ1v) is 6.53. The molecule has 7 nitrogen and oxygen atoms in total. The van der Waals surface area contributed by atoms with Crippen molar-refractivity contribution in [2.45, 2.75) is 18.9 Å². The van der Waals surface area contributed by atoms with Gasteiger partial charge >= 0.3 is 0 Å². The van der Waals surface area contributed by atoms with Crippen LogP contribution >= 0.6 is 0 Å². The largest absolute Gasteiger partial charge is 0.489 e. The van der Waals surface area contributed by atoms with Crippen LogP contribution in [0, 0.1) is 5.82 Å². The van der Waals surface area contributed by atoms with Gasteiger partial charge < -0.3 is 26.7 Å². The van der Waals surface area contributed by atoms with Crippen molar-refractivity contribution in [3.05, 3.63) is 24.0 Å². The number of nitrogens with zero attached hydrogens (tertiary/aromatic N) is 2. The van der Waals surface area contributed by atoms with Gasteiger partial charge in [0.05, 0.1) is 6.10 Å². The van der Waals surface area contributed by atoms with Crippen LogP contribution in [0.4, 0.5) is 10.1 Å². The summed E-state index contributed by atoms with van der Waals surface area (Å²) in [6, 6.07) is 4.37. The van der Waals surface area contributed by atoms with E-state index in [9.17, 15) is 4.39 Å². The quantitative estimate of drug-likeness (QED) is 0.555. The van der Waals surface area contributed by atoms with Crippen molar-refractivity contribution in [2.24, 2.45) is 27.2 Å². The number of hydrogen-bond acceptors (Lipinski definition) is 3. The second kappa shape index (κ2) is 6.89. The van der Waals surface area contributed by atoms with E-state index in [1.807, 2.05) is 0 Å². The maximum atomic E-state index is 13.9. The number of benzene rings is 1. The van der Waals surface area contributed by atoms with Crippen molar-refractivity contribution in [3.8, 4) is 5.75 Å². The zero-order valence-corrected chi connectivity index (χ0v) is 11.5. The van der Waals surface area contributed by atoms with Gasteiger partial charge in [-0.3, -0.25) is 0 Å². The maximum absolute atomic E-state index is 13.9. The number of nitrogens with two attached hydrogens (primary N) is 3. The molecule has 1 aromatic rings. The summed E-state index contributed by atoms with van der Waals surface area (Å²) in [7, 11) is 0. The minimum atomic E-state index is -0.575. The molecule has 0 spiro atoms. The Morgan fingerprint density at radius 2 is 2.19 bits per heavy atom. The Bertz CT molecular complexity index is 551. The van der Waals surface area contributed by atoms with E-state index in [-0.39, 0.29) is 29.5 Å². The first kappa shape index (κ1) is 15.0. The molecule has 1 aromatic carbocycles. The van der Waals surface area contributed by atoms with Gasteiger partial charge in [-0.15, -0.1) is 0 Å². The molecule has 1 atom stereocenters. The SMILES string of the molecule is NC(N)=NC(N)=Nc1c(F)cccc1OCC1CCCO1. The van der Waals surface area contributed by atoms with Crippen LogP contribution in [0.3, 0.4) is 0 Å². The molecule has 6 N–H and O–H groups in total. The highest BCUT2D eigenvalue weighted by atomic mass is 19.1. The fourth-order valence-electron chi connectivity index (χ4n) is 1.95. The minimum Gasteiger partial charge on any atom is -0.489 e. The summed E-state index contributed by atoms with van der Waals surface area (Å²) >= 11 is 0. The second-order valence-corrected chi connectivity index (χ2v) is 4.54. The molecule has 1 fully saturated rings. The Hall–Kier alpha value is -2.35. The van der Waals surface area contributed by atoms with E-state index >= 15 is 0 Å². The van der Waals surface area contributed by atoms with Crippen LogP contribution in [0.15, 0.2) is 28.2 Å². The molecule has 0 aromatic heterocycles. The number of para-hydroxylation sites is 1. The molecular formula is C13H18FN5O2. The number of guanidine groups is 2. The van der Waals surface area contributed by atoms with Gasteiger partial charge in [0.15, 0.2) is 11.8 Å². The Morgan fingerprint density at radius 1 is 1.38 bits per heavy atom. The Labute approximate surface area is 121 Å². The van der Waals surface area contributed by atoms with E-state index < -0.39 is 5.82 Å². The highest BCUT2D eigenvalue weighted by Gasteiger charge is 2.17. The lowest BCUT2D eigenvalue weighted by atomic mass is 10.2. The standard InChI is InChI=1S/C13H18FN5O2/c14-9-4-1-5-10(21-7-8-3-2-6-20-8)11(9)18-13(17)19-12(15)16/h1,4-5,8H,2-3,6-7H2,(H6,15,16,17,18,19). The first-order valence-electron chi connectivity index (χ1n) is 6.53. The predicted molar refractivity (Wildman–Crippen MR) is 78.0 cm³/mol. The van der Waals surface area contributed by atoms with Crippen molar-refractivity contribution in [3.63, 3.8) is 0 Å². The van der Waals surface area contributed by atoms with Crippen LogP contribution < -0.4 is 21.9 Å². The minimum absolute atomic E-state index is 0.0140. The number of ether oxygens (including phenoxy) is 2. The smallest absolute Gasteiger partial charge is 0.224 e. The summed E-state index contributed by atoms with van der Waals surface area (Å²) in [6.45, 7) is 1.05. The van der Waals surface area contributed by atoms with Gasteiger partial charge in [-0.05, 0) is 25.0 Å². The van der Waals surface area contributed by atoms with Crippen LogP contribution in [-0.4, -0.2) is 31.2 Å². The first-order chi connectivity index (χ1) is 10.1. The fraction of sp³-hybridized carbons (Fsp3) is 0.385. The maximum Gasteiger partial charge on any atom is 0.224 e. The zero-order chi connectivity index (χ0) is 15.2. The van der Waals surface area contributed by atoms with E-state index in [0.717, 1.165) is 19.4 Å². The van der Waals surface area contributed by atoms with Gasteiger partial charge in [0.2, 0.25) is 5.96 Å². The molecule has 0 aliphatic carbocycles. The predicted octanol–water partition coefficient (Wildman–Crippen LogP) is 0.603. The molecule has 0 radical (unpaired) electrons. The van der Waals surface area contributed by atoms with Gasteiger partial charge in [0, 0.05) is 6.61 Å². The third kappa shape index (κ3) is 4.32. The molecule has 8 heteroatoms. The van der Waals surface area contributed by atoms with E-state index in [1.54, 1.807) is 6.07 Å². The number of hydrogen-bond donors (Lipinski definition) is 3. The van der Waals surface area contributed by atoms with E-state index in [4.69, 9.17) is 26.7 Å². The number of aliphatic imine (C=N–C) groups is 2. The Kier molecular flexibility index (Phi) is 4.94. The molecule has 0 saturated carbocycles. The molecule has 1 aliphatic heterocycles. The molecule has 2 rings (SSSR count). The van der Waals surface area contributed by atoms with Crippen LogP contribution in [0.1, 0.15) is 12.8 Å². The molecule has 114 valence electrons. The lowest BCUT2D eigenvalue weighted by molar-refractivity contribution is 0.0681. The summed E-state index contributed by atoms with van der Waals surface area (Å²) in [6.07, 6.45) is 1.93. The fourth-order valence-corrected chi connectivity index (χ4v) is 1.95. The van der Waals surface area contributed by atoms with Crippen LogP contribution in [0.2, 0.25) is 0 Å². The number of rotatable bonds is 4. The molecule has 1 aliphatic rings. The van der Waals surface area contributed by atoms with Gasteiger partial charge in [0.25, 0.3) is 0 Å². The molecular weight excluding hydrogens is 277 g/mol. The zero-order valence-electron chi connectivity index (χ0n) is 11.5. The van der Waals surface area contributed by atoms with Gasteiger partial charge in [-0.2, -0.15) is 4.99 Å². The van der Waals surface area contributed by atoms with Gasteiger partial charge in [-0.25, -0.2) is 9.38 Å². The summed E-state index contributed by atoms with van der Waals surface area (Å²) in [5, 5.41) is 0. The lowest BCUT2D eigenvalue weighted by Crippen LogP contribution is -2.26. The van der Waals surface area contributed by atoms with E-state index in [1.165, 1.54) is 12.1 Å². The third-order valence-electron chi connectivity index (χ3n) is 2.87. The average molecular weight is 295 g/mol. The summed E-state index contributed by atoms with van der Waals surface area (Å²) in [4.78, 5) is 7.40. The third-order valence-corrected chi connectivity index (χ3v) is 2.87. The van der Waals surface area contributed by atoms with Gasteiger partial charge in [0.1, 0.15) is 18.0 Å². The van der Waals surface area contributed by atoms with Gasteiger partial charge in [-0.1, -0.05) is 6.07 Å². The van der Waals surface area contributed by atoms with Crippen molar-refractivity contribution < 1.29 is 13.9 Å². The highest BCUT2D eigenvalue weighted by Crippen LogP contribution is 2.31. The molecule has 1 unspecified atom stereocenters. The molecule has 1 saturated heterocycles. The highest BCUT2D eigenvalue weighted by molar-refractivity contribution is 5.93. The average Bonchev–Trinajstić information content (AvgIpc) is 2.92. The molecule has 1 heterocycles. The van der Waals surface area contributed by atoms with Crippen LogP contribution in [-0.2, 0) is 4.74 Å². The van der Waals surface area contributed by atoms with Crippen molar-refractivity contribution in [1.82, 2.24) is 0 Å². The van der Waals surface area contributed by atoms with E-state index in [2.05, 4.69) is 9.98 Å². The van der Waals surface area contributed by atoms with Crippen LogP contribution in [0.5, 0.6) is 5.75 Å². The number of halogens is 1. The van der Waals surface area contributed by atoms with Crippen LogP contribution in [0.25, 0.3) is 0 Å². The molecule has 0 amide bonds. The van der Waals surface area contributed by atoms with Crippen molar-refractivity contribution in [1.29, 1.82) is 0 Å². The summed E-state index contributed by atoms with van der Waals surface area (Å²) in [5.41, 5.74) is 15.9.